The second-order valence-corrected chi connectivity index (χ2v) is 6.05. The molecule has 0 spiro atoms. The largest absolute Gasteiger partial charge is 0.495 e. The molecule has 3 aromatic rings. The highest BCUT2D eigenvalue weighted by Gasteiger charge is 2.09. The molecule has 0 saturated carbocycles. The van der Waals surface area contributed by atoms with Crippen molar-refractivity contribution in [2.75, 3.05) is 12.4 Å². The normalized spacial score (nSPS) is 10.5. The molecule has 0 radical (unpaired) electrons. The van der Waals surface area contributed by atoms with Crippen LogP contribution in [0.2, 0.25) is 5.02 Å². The zero-order chi connectivity index (χ0) is 17.8. The smallest absolute Gasteiger partial charge is 0.188 e. The number of anilines is 1. The van der Waals surface area contributed by atoms with Crippen LogP contribution in [0.4, 0.5) is 11.4 Å². The Balaban J connectivity index is 1.97. The fourth-order valence-electron chi connectivity index (χ4n) is 2.78. The number of benzene rings is 2. The van der Waals surface area contributed by atoms with Crippen molar-refractivity contribution in [1.82, 2.24) is 4.98 Å². The van der Waals surface area contributed by atoms with Crippen molar-refractivity contribution in [1.29, 1.82) is 0 Å². The molecule has 126 valence electrons. The van der Waals surface area contributed by atoms with Crippen molar-refractivity contribution >= 4 is 33.9 Å². The second-order valence-electron chi connectivity index (χ2n) is 5.65. The Hall–Kier alpha value is -2.77. The van der Waals surface area contributed by atoms with Crippen LogP contribution in [0.5, 0.6) is 5.75 Å². The van der Waals surface area contributed by atoms with Gasteiger partial charge in [-0.25, -0.2) is 4.85 Å². The maximum absolute atomic E-state index is 7.24. The predicted molar refractivity (Wildman–Crippen MR) is 103 cm³/mol. The van der Waals surface area contributed by atoms with Crippen molar-refractivity contribution in [2.24, 2.45) is 0 Å². The maximum Gasteiger partial charge on any atom is 0.188 e. The van der Waals surface area contributed by atoms with Crippen LogP contribution in [-0.2, 0) is 13.0 Å². The van der Waals surface area contributed by atoms with Crippen molar-refractivity contribution in [2.45, 2.75) is 19.9 Å². The Kier molecular flexibility index (Phi) is 5.06. The molecule has 0 aliphatic heterocycles. The predicted octanol–water partition coefficient (Wildman–Crippen LogP) is 5.62. The number of nitrogens with one attached hydrogen (secondary N) is 1. The average molecular weight is 352 g/mol. The van der Waals surface area contributed by atoms with Gasteiger partial charge in [0.2, 0.25) is 0 Å². The number of pyridine rings is 1. The fourth-order valence-corrected chi connectivity index (χ4v) is 3.06. The van der Waals surface area contributed by atoms with E-state index in [1.165, 1.54) is 0 Å². The van der Waals surface area contributed by atoms with Crippen molar-refractivity contribution in [3.63, 3.8) is 0 Å². The summed E-state index contributed by atoms with van der Waals surface area (Å²) in [4.78, 5) is 8.03. The third kappa shape index (κ3) is 3.52. The molecule has 0 amide bonds. The number of rotatable bonds is 5. The lowest BCUT2D eigenvalue weighted by atomic mass is 10.1. The topological polar surface area (TPSA) is 38.5 Å². The van der Waals surface area contributed by atoms with Gasteiger partial charge in [0.15, 0.2) is 5.69 Å². The minimum atomic E-state index is 0.590. The van der Waals surface area contributed by atoms with Gasteiger partial charge in [0, 0.05) is 23.8 Å². The number of halogens is 1. The van der Waals surface area contributed by atoms with E-state index in [-0.39, 0.29) is 0 Å². The van der Waals surface area contributed by atoms with Gasteiger partial charge in [0.1, 0.15) is 5.75 Å². The van der Waals surface area contributed by atoms with E-state index in [2.05, 4.69) is 22.1 Å². The molecule has 25 heavy (non-hydrogen) atoms. The number of nitrogens with zero attached hydrogens (tertiary/aromatic N) is 2. The van der Waals surface area contributed by atoms with Crippen LogP contribution in [0.3, 0.4) is 0 Å². The molecule has 0 fully saturated rings. The van der Waals surface area contributed by atoms with Crippen molar-refractivity contribution in [3.05, 3.63) is 70.2 Å². The van der Waals surface area contributed by atoms with Crippen molar-refractivity contribution in [3.8, 4) is 5.75 Å². The first-order chi connectivity index (χ1) is 12.2. The van der Waals surface area contributed by atoms with E-state index in [0.717, 1.165) is 34.1 Å². The summed E-state index contributed by atoms with van der Waals surface area (Å²) >= 11 is 6.21. The fraction of sp³-hybridized carbons (Fsp3) is 0.200. The Labute approximate surface area is 152 Å². The van der Waals surface area contributed by atoms with Crippen LogP contribution in [-0.4, -0.2) is 12.1 Å². The van der Waals surface area contributed by atoms with Crippen LogP contribution < -0.4 is 10.1 Å². The molecule has 0 saturated heterocycles. The Bertz CT molecular complexity index is 963. The van der Waals surface area contributed by atoms with E-state index in [1.807, 2.05) is 36.5 Å². The van der Waals surface area contributed by atoms with Crippen LogP contribution in [0.25, 0.3) is 15.7 Å². The average Bonchev–Trinajstić information content (AvgIpc) is 2.65. The van der Waals surface area contributed by atoms with Gasteiger partial charge >= 0.3 is 0 Å². The standard InChI is InChI=1S/C20H18ClN3O/c1-4-14-12-23-18-7-6-15(22-2)10-16(18)20(14)24-11-13-5-8-19(25-3)17(21)9-13/h5-10,12H,4,11H2,1,3H3,(H,23,24). The molecule has 0 aliphatic rings. The zero-order valence-corrected chi connectivity index (χ0v) is 14.9. The number of hydrogen-bond acceptors (Lipinski definition) is 3. The zero-order valence-electron chi connectivity index (χ0n) is 14.1. The molecule has 1 N–H and O–H groups in total. The monoisotopic (exact) mass is 351 g/mol. The first-order valence-corrected chi connectivity index (χ1v) is 8.39. The van der Waals surface area contributed by atoms with E-state index >= 15 is 0 Å². The van der Waals surface area contributed by atoms with Gasteiger partial charge in [0.05, 0.1) is 24.2 Å². The molecule has 0 aliphatic carbocycles. The summed E-state index contributed by atoms with van der Waals surface area (Å²) in [6, 6.07) is 11.3. The Morgan fingerprint density at radius 1 is 1.24 bits per heavy atom. The molecule has 5 heteroatoms. The van der Waals surface area contributed by atoms with Gasteiger partial charge in [0.25, 0.3) is 0 Å². The highest BCUT2D eigenvalue weighted by Crippen LogP contribution is 2.31. The summed E-state index contributed by atoms with van der Waals surface area (Å²) in [5, 5.41) is 5.05. The molecule has 0 atom stereocenters. The van der Waals surface area contributed by atoms with Gasteiger partial charge in [-0.2, -0.15) is 0 Å². The van der Waals surface area contributed by atoms with Crippen LogP contribution in [0.1, 0.15) is 18.1 Å². The first-order valence-electron chi connectivity index (χ1n) is 8.01. The summed E-state index contributed by atoms with van der Waals surface area (Å²) in [5.74, 6) is 0.663. The van der Waals surface area contributed by atoms with Gasteiger partial charge in [-0.05, 0) is 41.8 Å². The highest BCUT2D eigenvalue weighted by atomic mass is 35.5. The number of fused-ring (bicyclic) bond motifs is 1. The lowest BCUT2D eigenvalue weighted by Crippen LogP contribution is -2.04. The maximum atomic E-state index is 7.24. The SMILES string of the molecule is [C-]#[N+]c1ccc2ncc(CC)c(NCc3ccc(OC)c(Cl)c3)c2c1. The lowest BCUT2D eigenvalue weighted by molar-refractivity contribution is 0.415. The molecule has 2 aromatic carbocycles. The van der Waals surface area contributed by atoms with Gasteiger partial charge in [-0.1, -0.05) is 30.7 Å². The molecule has 1 heterocycles. The van der Waals surface area contributed by atoms with Crippen LogP contribution in [0.15, 0.2) is 42.6 Å². The molecule has 0 bridgehead atoms. The third-order valence-electron chi connectivity index (χ3n) is 4.13. The van der Waals surface area contributed by atoms with E-state index in [9.17, 15) is 0 Å². The number of aromatic nitrogens is 1. The van der Waals surface area contributed by atoms with Gasteiger partial charge in [-0.3, -0.25) is 4.98 Å². The number of ether oxygens (including phenoxy) is 1. The third-order valence-corrected chi connectivity index (χ3v) is 4.42. The van der Waals surface area contributed by atoms with E-state index < -0.39 is 0 Å². The van der Waals surface area contributed by atoms with Crippen molar-refractivity contribution < 1.29 is 4.74 Å². The summed E-state index contributed by atoms with van der Waals surface area (Å²) < 4.78 is 5.19. The quantitative estimate of drug-likeness (QED) is 0.606. The first kappa shape index (κ1) is 17.1. The second kappa shape index (κ2) is 7.42. The number of hydrogen-bond donors (Lipinski definition) is 1. The molecule has 1 aromatic heterocycles. The number of aryl methyl sites for hydroxylation is 1. The van der Waals surface area contributed by atoms with E-state index in [0.29, 0.717) is 23.0 Å². The molecule has 4 nitrogen and oxygen atoms in total. The molecule has 0 unspecified atom stereocenters. The Morgan fingerprint density at radius 3 is 2.76 bits per heavy atom. The van der Waals surface area contributed by atoms with E-state index in [4.69, 9.17) is 22.9 Å². The van der Waals surface area contributed by atoms with E-state index in [1.54, 1.807) is 13.2 Å². The molecule has 3 rings (SSSR count). The summed E-state index contributed by atoms with van der Waals surface area (Å²) in [6.07, 6.45) is 2.75. The summed E-state index contributed by atoms with van der Waals surface area (Å²) in [6.45, 7) is 9.96. The van der Waals surface area contributed by atoms with Gasteiger partial charge in [-0.15, -0.1) is 0 Å². The lowest BCUT2D eigenvalue weighted by Gasteiger charge is -2.15. The van der Waals surface area contributed by atoms with Gasteiger partial charge < -0.3 is 10.1 Å². The minimum absolute atomic E-state index is 0.590. The highest BCUT2D eigenvalue weighted by molar-refractivity contribution is 6.32. The summed E-state index contributed by atoms with van der Waals surface area (Å²) in [5.41, 5.74) is 4.68. The Morgan fingerprint density at radius 2 is 2.08 bits per heavy atom. The van der Waals surface area contributed by atoms with Crippen LogP contribution >= 0.6 is 11.6 Å². The summed E-state index contributed by atoms with van der Waals surface area (Å²) in [7, 11) is 1.60. The number of methoxy groups -OCH3 is 1. The molecular formula is C20H18ClN3O. The molecular weight excluding hydrogens is 334 g/mol. The van der Waals surface area contributed by atoms with Crippen LogP contribution in [0, 0.1) is 6.57 Å². The minimum Gasteiger partial charge on any atom is -0.495 e.